The van der Waals surface area contributed by atoms with Crippen LogP contribution >= 0.6 is 12.4 Å². The standard InChI is InChI=1S/C12H22N2O3S.ClH/c1-12(2)9-14(5-6-18(12,16)17)11(15)8-13-7-10-3-4-10;/h10,13H,3-9H2,1-2H3;1H. The van der Waals surface area contributed by atoms with E-state index in [0.717, 1.165) is 12.5 Å². The Balaban J connectivity index is 0.00000180. The first-order chi connectivity index (χ1) is 8.32. The smallest absolute Gasteiger partial charge is 0.236 e. The van der Waals surface area contributed by atoms with Gasteiger partial charge in [0, 0.05) is 13.1 Å². The molecule has 7 heteroatoms. The number of carbonyl (C=O) groups excluding carboxylic acids is 1. The van der Waals surface area contributed by atoms with Gasteiger partial charge in [0.05, 0.1) is 17.0 Å². The van der Waals surface area contributed by atoms with Crippen LogP contribution in [-0.4, -0.2) is 55.9 Å². The van der Waals surface area contributed by atoms with Crippen LogP contribution in [-0.2, 0) is 14.6 Å². The summed E-state index contributed by atoms with van der Waals surface area (Å²) in [5, 5.41) is 3.15. The van der Waals surface area contributed by atoms with E-state index in [1.54, 1.807) is 18.7 Å². The van der Waals surface area contributed by atoms with Crippen LogP contribution in [0.5, 0.6) is 0 Å². The molecule has 0 atom stereocenters. The Kier molecular flexibility index (Phi) is 5.26. The second kappa shape index (κ2) is 5.97. The van der Waals surface area contributed by atoms with Crippen LogP contribution in [0.4, 0.5) is 0 Å². The first-order valence-electron chi connectivity index (χ1n) is 6.53. The minimum atomic E-state index is -3.07. The Hall–Kier alpha value is -0.330. The Morgan fingerprint density at radius 1 is 1.37 bits per heavy atom. The maximum absolute atomic E-state index is 12.0. The van der Waals surface area contributed by atoms with Crippen molar-refractivity contribution in [2.24, 2.45) is 5.92 Å². The largest absolute Gasteiger partial charge is 0.339 e. The van der Waals surface area contributed by atoms with E-state index in [9.17, 15) is 13.2 Å². The average Bonchev–Trinajstić information content (AvgIpc) is 3.06. The van der Waals surface area contributed by atoms with E-state index >= 15 is 0 Å². The molecule has 1 aliphatic carbocycles. The summed E-state index contributed by atoms with van der Waals surface area (Å²) in [5.74, 6) is 0.837. The SMILES string of the molecule is CC1(C)CN(C(=O)CNCC2CC2)CCS1(=O)=O.Cl. The average molecular weight is 311 g/mol. The van der Waals surface area contributed by atoms with Gasteiger partial charge in [-0.3, -0.25) is 4.79 Å². The van der Waals surface area contributed by atoms with E-state index in [1.807, 2.05) is 0 Å². The van der Waals surface area contributed by atoms with Crippen molar-refractivity contribution < 1.29 is 13.2 Å². The summed E-state index contributed by atoms with van der Waals surface area (Å²) in [5.41, 5.74) is 0. The van der Waals surface area contributed by atoms with Crippen molar-refractivity contribution in [3.05, 3.63) is 0 Å². The monoisotopic (exact) mass is 310 g/mol. The van der Waals surface area contributed by atoms with Crippen LogP contribution in [0.3, 0.4) is 0 Å². The van der Waals surface area contributed by atoms with Crippen LogP contribution in [0, 0.1) is 5.92 Å². The van der Waals surface area contributed by atoms with Crippen LogP contribution in [0.15, 0.2) is 0 Å². The van der Waals surface area contributed by atoms with E-state index in [1.165, 1.54) is 12.8 Å². The van der Waals surface area contributed by atoms with Gasteiger partial charge in [-0.05, 0) is 39.2 Å². The fraction of sp³-hybridized carbons (Fsp3) is 0.917. The molecule has 1 N–H and O–H groups in total. The number of hydrogen-bond acceptors (Lipinski definition) is 4. The lowest BCUT2D eigenvalue weighted by Gasteiger charge is -2.37. The van der Waals surface area contributed by atoms with Gasteiger partial charge in [-0.25, -0.2) is 8.42 Å². The highest BCUT2D eigenvalue weighted by atomic mass is 35.5. The Labute approximate surface area is 121 Å². The Morgan fingerprint density at radius 2 is 2.00 bits per heavy atom. The minimum absolute atomic E-state index is 0. The number of hydrogen-bond donors (Lipinski definition) is 1. The van der Waals surface area contributed by atoms with Crippen molar-refractivity contribution >= 4 is 28.2 Å². The van der Waals surface area contributed by atoms with Gasteiger partial charge in [-0.1, -0.05) is 0 Å². The topological polar surface area (TPSA) is 66.5 Å². The molecule has 0 spiro atoms. The predicted molar refractivity (Wildman–Crippen MR) is 77.3 cm³/mol. The maximum atomic E-state index is 12.0. The number of sulfone groups is 1. The zero-order valence-corrected chi connectivity index (χ0v) is 13.1. The third kappa shape index (κ3) is 4.07. The zero-order valence-electron chi connectivity index (χ0n) is 11.5. The van der Waals surface area contributed by atoms with Crippen LogP contribution in [0.25, 0.3) is 0 Å². The molecule has 1 heterocycles. The van der Waals surface area contributed by atoms with Gasteiger partial charge in [-0.15, -0.1) is 12.4 Å². The Bertz CT molecular complexity index is 432. The first-order valence-corrected chi connectivity index (χ1v) is 8.18. The second-order valence-electron chi connectivity index (χ2n) is 5.97. The highest BCUT2D eigenvalue weighted by Crippen LogP contribution is 2.27. The summed E-state index contributed by atoms with van der Waals surface area (Å²) in [6, 6.07) is 0. The summed E-state index contributed by atoms with van der Waals surface area (Å²) in [7, 11) is -3.07. The van der Waals surface area contributed by atoms with E-state index in [4.69, 9.17) is 0 Å². The van der Waals surface area contributed by atoms with Crippen molar-refractivity contribution in [1.82, 2.24) is 10.2 Å². The molecular formula is C12H23ClN2O3S. The van der Waals surface area contributed by atoms with Gasteiger partial charge in [0.25, 0.3) is 0 Å². The molecule has 1 aliphatic heterocycles. The van der Waals surface area contributed by atoms with Gasteiger partial charge in [0.15, 0.2) is 9.84 Å². The fourth-order valence-corrected chi connectivity index (χ4v) is 3.54. The van der Waals surface area contributed by atoms with E-state index in [-0.39, 0.29) is 24.1 Å². The van der Waals surface area contributed by atoms with Crippen LogP contribution < -0.4 is 5.32 Å². The lowest BCUT2D eigenvalue weighted by Crippen LogP contribution is -2.56. The van der Waals surface area contributed by atoms with E-state index in [0.29, 0.717) is 19.6 Å². The maximum Gasteiger partial charge on any atom is 0.236 e. The number of nitrogens with one attached hydrogen (secondary N) is 1. The summed E-state index contributed by atoms with van der Waals surface area (Å²) >= 11 is 0. The highest BCUT2D eigenvalue weighted by molar-refractivity contribution is 7.92. The normalized spacial score (nSPS) is 24.6. The molecule has 2 rings (SSSR count). The molecule has 0 radical (unpaired) electrons. The van der Waals surface area contributed by atoms with Crippen molar-refractivity contribution in [1.29, 1.82) is 0 Å². The molecule has 19 heavy (non-hydrogen) atoms. The summed E-state index contributed by atoms with van der Waals surface area (Å²) in [4.78, 5) is 13.6. The highest BCUT2D eigenvalue weighted by Gasteiger charge is 2.41. The summed E-state index contributed by atoms with van der Waals surface area (Å²) in [6.45, 7) is 5.25. The molecule has 0 aromatic heterocycles. The molecule has 112 valence electrons. The van der Waals surface area contributed by atoms with Crippen molar-refractivity contribution in [3.63, 3.8) is 0 Å². The molecule has 0 unspecified atom stereocenters. The minimum Gasteiger partial charge on any atom is -0.339 e. The van der Waals surface area contributed by atoms with Gasteiger partial charge < -0.3 is 10.2 Å². The molecule has 2 aliphatic rings. The second-order valence-corrected chi connectivity index (χ2v) is 8.71. The number of amides is 1. The van der Waals surface area contributed by atoms with Crippen molar-refractivity contribution in [2.45, 2.75) is 31.4 Å². The molecule has 1 saturated heterocycles. The van der Waals surface area contributed by atoms with Gasteiger partial charge >= 0.3 is 0 Å². The predicted octanol–water partition coefficient (Wildman–Crippen LogP) is 0.443. The van der Waals surface area contributed by atoms with Gasteiger partial charge in [0.2, 0.25) is 5.91 Å². The molecule has 1 amide bonds. The van der Waals surface area contributed by atoms with Crippen molar-refractivity contribution in [3.8, 4) is 0 Å². The molecule has 0 aromatic carbocycles. The van der Waals surface area contributed by atoms with Gasteiger partial charge in [0.1, 0.15) is 0 Å². The van der Waals surface area contributed by atoms with Crippen LogP contribution in [0.1, 0.15) is 26.7 Å². The molecular weight excluding hydrogens is 288 g/mol. The molecule has 0 bridgehead atoms. The van der Waals surface area contributed by atoms with Crippen LogP contribution in [0.2, 0.25) is 0 Å². The number of rotatable bonds is 4. The van der Waals surface area contributed by atoms with E-state index in [2.05, 4.69) is 5.32 Å². The molecule has 2 fully saturated rings. The lowest BCUT2D eigenvalue weighted by molar-refractivity contribution is -0.130. The number of carbonyl (C=O) groups is 1. The molecule has 1 saturated carbocycles. The van der Waals surface area contributed by atoms with Gasteiger partial charge in [-0.2, -0.15) is 0 Å². The molecule has 0 aromatic rings. The van der Waals surface area contributed by atoms with E-state index < -0.39 is 14.6 Å². The third-order valence-electron chi connectivity index (χ3n) is 3.80. The third-order valence-corrected chi connectivity index (χ3v) is 6.34. The number of halogens is 1. The number of nitrogens with zero attached hydrogens (tertiary/aromatic N) is 1. The summed E-state index contributed by atoms with van der Waals surface area (Å²) in [6.07, 6.45) is 2.52. The zero-order chi connectivity index (χ0) is 13.4. The lowest BCUT2D eigenvalue weighted by atomic mass is 10.2. The first kappa shape index (κ1) is 16.7. The fourth-order valence-electron chi connectivity index (χ4n) is 2.17. The quantitative estimate of drug-likeness (QED) is 0.818. The summed E-state index contributed by atoms with van der Waals surface area (Å²) < 4.78 is 22.8. The molecule has 5 nitrogen and oxygen atoms in total. The van der Waals surface area contributed by atoms with Crippen molar-refractivity contribution in [2.75, 3.05) is 31.9 Å². The Morgan fingerprint density at radius 3 is 2.53 bits per heavy atom.